The maximum absolute atomic E-state index is 11.2. The number of rotatable bonds is 3. The fraction of sp³-hybridized carbons (Fsp3) is 0.308. The lowest BCUT2D eigenvalue weighted by Crippen LogP contribution is -2.39. The van der Waals surface area contributed by atoms with Gasteiger partial charge in [-0.2, -0.15) is 0 Å². The van der Waals surface area contributed by atoms with Gasteiger partial charge in [0.25, 0.3) is 0 Å². The zero-order valence-electron chi connectivity index (χ0n) is 11.0. The van der Waals surface area contributed by atoms with Gasteiger partial charge < -0.3 is 20.6 Å². The summed E-state index contributed by atoms with van der Waals surface area (Å²) in [6, 6.07) is 5.39. The molecule has 0 bridgehead atoms. The van der Waals surface area contributed by atoms with Crippen LogP contribution in [0, 0.1) is 0 Å². The molecule has 8 heteroatoms. The number of carbonyl (C=O) groups is 1. The predicted molar refractivity (Wildman–Crippen MR) is 91.3 cm³/mol. The topological polar surface area (TPSA) is 69.8 Å². The summed E-state index contributed by atoms with van der Waals surface area (Å²) in [6.45, 7) is 1.22. The summed E-state index contributed by atoms with van der Waals surface area (Å²) < 4.78 is 0. The van der Waals surface area contributed by atoms with Gasteiger partial charge in [0, 0.05) is 17.2 Å². The Morgan fingerprint density at radius 3 is 2.95 bits per heavy atom. The van der Waals surface area contributed by atoms with E-state index in [0.717, 1.165) is 22.9 Å². The molecule has 1 aromatic rings. The maximum atomic E-state index is 11.2. The SMILES string of the molecule is NC(=S)CN1CC2CSc3ccc(C(=O)O)cc3N2C1=S. The summed E-state index contributed by atoms with van der Waals surface area (Å²) in [5.41, 5.74) is 6.75. The molecule has 5 nitrogen and oxygen atoms in total. The van der Waals surface area contributed by atoms with Crippen LogP contribution in [0.25, 0.3) is 0 Å². The van der Waals surface area contributed by atoms with Crippen molar-refractivity contribution >= 4 is 58.0 Å². The molecule has 110 valence electrons. The molecule has 3 rings (SSSR count). The Hall–Kier alpha value is -1.38. The smallest absolute Gasteiger partial charge is 0.335 e. The number of thioether (sulfide) groups is 1. The highest BCUT2D eigenvalue weighted by Crippen LogP contribution is 2.41. The lowest BCUT2D eigenvalue weighted by molar-refractivity contribution is 0.0697. The first-order chi connectivity index (χ1) is 9.97. The van der Waals surface area contributed by atoms with Gasteiger partial charge in [-0.15, -0.1) is 11.8 Å². The lowest BCUT2D eigenvalue weighted by Gasteiger charge is -2.31. The van der Waals surface area contributed by atoms with E-state index in [4.69, 9.17) is 35.3 Å². The zero-order valence-corrected chi connectivity index (χ0v) is 13.4. The molecular weight excluding hydrogens is 326 g/mol. The van der Waals surface area contributed by atoms with Crippen molar-refractivity contribution in [3.63, 3.8) is 0 Å². The molecule has 1 atom stereocenters. The van der Waals surface area contributed by atoms with Crippen molar-refractivity contribution in [2.45, 2.75) is 10.9 Å². The molecule has 2 aliphatic rings. The Bertz CT molecular complexity index is 650. The number of nitrogens with two attached hydrogens (primary N) is 1. The molecule has 1 fully saturated rings. The van der Waals surface area contributed by atoms with Crippen molar-refractivity contribution in [1.29, 1.82) is 0 Å². The van der Waals surface area contributed by atoms with Crippen LogP contribution < -0.4 is 10.6 Å². The van der Waals surface area contributed by atoms with E-state index < -0.39 is 5.97 Å². The van der Waals surface area contributed by atoms with Crippen LogP contribution in [0.5, 0.6) is 0 Å². The Labute approximate surface area is 137 Å². The molecule has 0 amide bonds. The minimum Gasteiger partial charge on any atom is -0.478 e. The van der Waals surface area contributed by atoms with E-state index in [1.54, 1.807) is 23.9 Å². The third-order valence-corrected chi connectivity index (χ3v) is 5.31. The molecule has 0 spiro atoms. The third kappa shape index (κ3) is 2.58. The lowest BCUT2D eigenvalue weighted by atomic mass is 10.1. The quantitative estimate of drug-likeness (QED) is 0.804. The second-order valence-electron chi connectivity index (χ2n) is 4.95. The number of thiocarbonyl (C=S) groups is 2. The largest absolute Gasteiger partial charge is 0.478 e. The Morgan fingerprint density at radius 1 is 1.52 bits per heavy atom. The first kappa shape index (κ1) is 14.6. The number of aromatic carboxylic acids is 1. The minimum atomic E-state index is -0.935. The summed E-state index contributed by atoms with van der Waals surface area (Å²) in [6.07, 6.45) is 0. The number of carboxylic acid groups (broad SMARTS) is 1. The highest BCUT2D eigenvalue weighted by Gasteiger charge is 2.39. The number of anilines is 1. The van der Waals surface area contributed by atoms with Gasteiger partial charge in [0.05, 0.1) is 28.8 Å². The van der Waals surface area contributed by atoms with E-state index in [2.05, 4.69) is 0 Å². The number of benzene rings is 1. The molecular formula is C13H13N3O2S3. The van der Waals surface area contributed by atoms with E-state index in [0.29, 0.717) is 16.6 Å². The molecule has 1 aromatic carbocycles. The van der Waals surface area contributed by atoms with Crippen molar-refractivity contribution in [2.75, 3.05) is 23.7 Å². The van der Waals surface area contributed by atoms with Gasteiger partial charge in [-0.1, -0.05) is 12.2 Å². The van der Waals surface area contributed by atoms with E-state index in [1.165, 1.54) is 0 Å². The summed E-state index contributed by atoms with van der Waals surface area (Å²) in [4.78, 5) is 16.6. The maximum Gasteiger partial charge on any atom is 0.335 e. The Balaban J connectivity index is 1.97. The highest BCUT2D eigenvalue weighted by atomic mass is 32.2. The van der Waals surface area contributed by atoms with Gasteiger partial charge in [0.2, 0.25) is 0 Å². The van der Waals surface area contributed by atoms with Crippen LogP contribution in [0.2, 0.25) is 0 Å². The number of nitrogens with zero attached hydrogens (tertiary/aromatic N) is 2. The molecule has 21 heavy (non-hydrogen) atoms. The van der Waals surface area contributed by atoms with Crippen molar-refractivity contribution in [3.8, 4) is 0 Å². The minimum absolute atomic E-state index is 0.230. The summed E-state index contributed by atoms with van der Waals surface area (Å²) >= 11 is 12.2. The van der Waals surface area contributed by atoms with E-state index in [9.17, 15) is 4.79 Å². The Kier molecular flexibility index (Phi) is 3.76. The molecule has 0 radical (unpaired) electrons. The molecule has 2 heterocycles. The third-order valence-electron chi connectivity index (χ3n) is 3.52. The second kappa shape index (κ2) is 5.43. The van der Waals surface area contributed by atoms with Gasteiger partial charge >= 0.3 is 5.97 Å². The van der Waals surface area contributed by atoms with Gasteiger partial charge in [-0.25, -0.2) is 4.79 Å². The van der Waals surface area contributed by atoms with Crippen molar-refractivity contribution < 1.29 is 9.90 Å². The van der Waals surface area contributed by atoms with Gasteiger partial charge in [-0.3, -0.25) is 0 Å². The van der Waals surface area contributed by atoms with Gasteiger partial charge in [0.15, 0.2) is 5.11 Å². The first-order valence-corrected chi connectivity index (χ1v) is 8.14. The molecule has 1 unspecified atom stereocenters. The highest BCUT2D eigenvalue weighted by molar-refractivity contribution is 7.99. The zero-order chi connectivity index (χ0) is 15.1. The molecule has 0 aliphatic carbocycles. The number of fused-ring (bicyclic) bond motifs is 3. The fourth-order valence-electron chi connectivity index (χ4n) is 2.62. The van der Waals surface area contributed by atoms with Crippen LogP contribution >= 0.6 is 36.2 Å². The number of hydrogen-bond donors (Lipinski definition) is 2. The fourth-order valence-corrected chi connectivity index (χ4v) is 4.25. The molecule has 2 aliphatic heterocycles. The van der Waals surface area contributed by atoms with E-state index >= 15 is 0 Å². The van der Waals surface area contributed by atoms with Crippen molar-refractivity contribution in [1.82, 2.24) is 4.90 Å². The van der Waals surface area contributed by atoms with Crippen LogP contribution in [-0.4, -0.2) is 51.0 Å². The Morgan fingerprint density at radius 2 is 2.29 bits per heavy atom. The average molecular weight is 339 g/mol. The molecule has 1 saturated heterocycles. The van der Waals surface area contributed by atoms with Crippen LogP contribution in [-0.2, 0) is 0 Å². The monoisotopic (exact) mass is 339 g/mol. The second-order valence-corrected chi connectivity index (χ2v) is 6.90. The number of hydrogen-bond acceptors (Lipinski definition) is 4. The first-order valence-electron chi connectivity index (χ1n) is 6.34. The molecule has 0 saturated carbocycles. The summed E-state index contributed by atoms with van der Waals surface area (Å²) in [7, 11) is 0. The number of carboxylic acids is 1. The van der Waals surface area contributed by atoms with E-state index in [-0.39, 0.29) is 11.6 Å². The van der Waals surface area contributed by atoms with Gasteiger partial charge in [0.1, 0.15) is 0 Å². The summed E-state index contributed by atoms with van der Waals surface area (Å²) in [5.74, 6) is -0.0250. The van der Waals surface area contributed by atoms with Crippen molar-refractivity contribution in [2.24, 2.45) is 5.73 Å². The van der Waals surface area contributed by atoms with Crippen LogP contribution in [0.3, 0.4) is 0 Å². The average Bonchev–Trinajstić information content (AvgIpc) is 2.74. The van der Waals surface area contributed by atoms with Gasteiger partial charge in [-0.05, 0) is 30.4 Å². The predicted octanol–water partition coefficient (Wildman–Crippen LogP) is 1.55. The normalized spacial score (nSPS) is 20.2. The van der Waals surface area contributed by atoms with E-state index in [1.807, 2.05) is 15.9 Å². The molecule has 3 N–H and O–H groups in total. The summed E-state index contributed by atoms with van der Waals surface area (Å²) in [5, 5.41) is 9.83. The molecule has 0 aromatic heterocycles. The van der Waals surface area contributed by atoms with Crippen LogP contribution in [0.4, 0.5) is 5.69 Å². The van der Waals surface area contributed by atoms with Crippen molar-refractivity contribution in [3.05, 3.63) is 23.8 Å². The standard InChI is InChI=1S/C13H13N3O2S3/c14-11(19)5-15-4-8-6-21-10-2-1-7(12(17)18)3-9(10)16(8)13(15)20/h1-3,8H,4-6H2,(H2,14,19)(H,17,18). The van der Waals surface area contributed by atoms with Crippen LogP contribution in [0.15, 0.2) is 23.1 Å². The van der Waals surface area contributed by atoms with Crippen LogP contribution in [0.1, 0.15) is 10.4 Å².